The summed E-state index contributed by atoms with van der Waals surface area (Å²) in [6.07, 6.45) is 3.65. The van der Waals surface area contributed by atoms with Gasteiger partial charge in [0.1, 0.15) is 5.52 Å². The Morgan fingerprint density at radius 1 is 1.05 bits per heavy atom. The van der Waals surface area contributed by atoms with E-state index in [1.807, 2.05) is 30.6 Å². The lowest BCUT2D eigenvalue weighted by molar-refractivity contribution is 0.882. The van der Waals surface area contributed by atoms with E-state index in [4.69, 9.17) is 5.73 Å². The molecule has 0 saturated heterocycles. The fourth-order valence-electron chi connectivity index (χ4n) is 2.83. The number of nitrogens with two attached hydrogens (primary N) is 1. The van der Waals surface area contributed by atoms with Gasteiger partial charge >= 0.3 is 0 Å². The molecule has 0 saturated carbocycles. The van der Waals surface area contributed by atoms with Gasteiger partial charge in [-0.1, -0.05) is 6.07 Å². The maximum atomic E-state index is 5.88. The van der Waals surface area contributed by atoms with Crippen LogP contribution < -0.4 is 10.6 Å². The summed E-state index contributed by atoms with van der Waals surface area (Å²) in [7, 11) is 0. The molecule has 1 aliphatic heterocycles. The fourth-order valence-corrected chi connectivity index (χ4v) is 3.15. The third-order valence-electron chi connectivity index (χ3n) is 3.82. The van der Waals surface area contributed by atoms with Crippen LogP contribution >= 0.6 is 15.9 Å². The Balaban J connectivity index is 1.79. The third kappa shape index (κ3) is 2.14. The zero-order chi connectivity index (χ0) is 14.4. The number of nitrogens with zero attached hydrogens (tertiary/aromatic N) is 3. The van der Waals surface area contributed by atoms with Gasteiger partial charge in [0, 0.05) is 35.6 Å². The molecule has 0 unspecified atom stereocenters. The van der Waals surface area contributed by atoms with Crippen molar-refractivity contribution in [3.05, 3.63) is 58.3 Å². The first-order valence-electron chi connectivity index (χ1n) is 6.73. The van der Waals surface area contributed by atoms with E-state index in [1.165, 1.54) is 11.1 Å². The number of hydrogen-bond acceptors (Lipinski definition) is 4. The summed E-state index contributed by atoms with van der Waals surface area (Å²) >= 11 is 3.44. The number of fused-ring (bicyclic) bond motifs is 2. The van der Waals surface area contributed by atoms with Crippen molar-refractivity contribution in [2.24, 2.45) is 0 Å². The van der Waals surface area contributed by atoms with Gasteiger partial charge < -0.3 is 10.6 Å². The topological polar surface area (TPSA) is 55.0 Å². The van der Waals surface area contributed by atoms with Crippen molar-refractivity contribution in [1.82, 2.24) is 9.97 Å². The molecule has 3 heterocycles. The fraction of sp³-hybridized carbons (Fsp3) is 0.125. The monoisotopic (exact) mass is 340 g/mol. The largest absolute Gasteiger partial charge is 0.399 e. The summed E-state index contributed by atoms with van der Waals surface area (Å²) in [6.45, 7) is 1.74. The van der Waals surface area contributed by atoms with Crippen LogP contribution in [0, 0.1) is 0 Å². The van der Waals surface area contributed by atoms with Crippen LogP contribution in [0.4, 0.5) is 11.4 Å². The highest BCUT2D eigenvalue weighted by Gasteiger charge is 2.21. The molecule has 0 amide bonds. The summed E-state index contributed by atoms with van der Waals surface area (Å²) in [6, 6.07) is 10.1. The molecule has 21 heavy (non-hydrogen) atoms. The molecule has 0 spiro atoms. The van der Waals surface area contributed by atoms with Crippen LogP contribution in [0.3, 0.4) is 0 Å². The van der Waals surface area contributed by atoms with E-state index in [-0.39, 0.29) is 0 Å². The molecule has 5 heteroatoms. The van der Waals surface area contributed by atoms with Gasteiger partial charge in [-0.05, 0) is 51.3 Å². The number of halogens is 1. The second-order valence-electron chi connectivity index (χ2n) is 5.24. The van der Waals surface area contributed by atoms with Crippen LogP contribution in [-0.4, -0.2) is 9.97 Å². The predicted octanol–water partition coefficient (Wildman–Crippen LogP) is 3.49. The van der Waals surface area contributed by atoms with Crippen LogP contribution in [0.5, 0.6) is 0 Å². The summed E-state index contributed by atoms with van der Waals surface area (Å²) < 4.78 is 0.942. The Bertz CT molecular complexity index is 847. The van der Waals surface area contributed by atoms with E-state index in [0.29, 0.717) is 0 Å². The predicted molar refractivity (Wildman–Crippen MR) is 88.0 cm³/mol. The van der Waals surface area contributed by atoms with Crippen molar-refractivity contribution in [3.63, 3.8) is 0 Å². The van der Waals surface area contributed by atoms with E-state index in [9.17, 15) is 0 Å². The summed E-state index contributed by atoms with van der Waals surface area (Å²) in [4.78, 5) is 11.2. The minimum absolute atomic E-state index is 0.817. The number of anilines is 2. The maximum Gasteiger partial charge on any atom is 0.112 e. The van der Waals surface area contributed by atoms with Gasteiger partial charge in [-0.25, -0.2) is 0 Å². The van der Waals surface area contributed by atoms with Crippen molar-refractivity contribution in [2.75, 3.05) is 10.6 Å². The molecule has 0 radical (unpaired) electrons. The van der Waals surface area contributed by atoms with Gasteiger partial charge in [-0.2, -0.15) is 0 Å². The van der Waals surface area contributed by atoms with Crippen LogP contribution in [0.2, 0.25) is 0 Å². The van der Waals surface area contributed by atoms with E-state index < -0.39 is 0 Å². The molecule has 4 nitrogen and oxygen atoms in total. The second kappa shape index (κ2) is 4.70. The Morgan fingerprint density at radius 2 is 1.90 bits per heavy atom. The van der Waals surface area contributed by atoms with Crippen LogP contribution in [0.25, 0.3) is 11.0 Å². The van der Waals surface area contributed by atoms with Crippen LogP contribution in [0.15, 0.2) is 47.2 Å². The average molecular weight is 341 g/mol. The number of benzene rings is 1. The van der Waals surface area contributed by atoms with E-state index in [2.05, 4.69) is 42.9 Å². The Morgan fingerprint density at radius 3 is 2.81 bits per heavy atom. The first kappa shape index (κ1) is 12.6. The molecule has 0 atom stereocenters. The highest BCUT2D eigenvalue weighted by atomic mass is 79.9. The molecule has 2 aromatic heterocycles. The molecule has 3 aromatic rings. The van der Waals surface area contributed by atoms with E-state index in [1.54, 1.807) is 0 Å². The van der Waals surface area contributed by atoms with Crippen LogP contribution in [0.1, 0.15) is 11.1 Å². The molecule has 1 aliphatic rings. The molecule has 0 fully saturated rings. The molecular weight excluding hydrogens is 328 g/mol. The molecule has 2 N–H and O–H groups in total. The molecule has 1 aromatic carbocycles. The average Bonchev–Trinajstić information content (AvgIpc) is 2.89. The smallest absolute Gasteiger partial charge is 0.112 e. The van der Waals surface area contributed by atoms with E-state index >= 15 is 0 Å². The summed E-state index contributed by atoms with van der Waals surface area (Å²) in [5.41, 5.74) is 12.3. The highest BCUT2D eigenvalue weighted by molar-refractivity contribution is 9.10. The van der Waals surface area contributed by atoms with Gasteiger partial charge in [-0.15, -0.1) is 0 Å². The number of pyridine rings is 2. The first-order valence-corrected chi connectivity index (χ1v) is 7.52. The summed E-state index contributed by atoms with van der Waals surface area (Å²) in [5.74, 6) is 0. The van der Waals surface area contributed by atoms with Gasteiger partial charge in [0.2, 0.25) is 0 Å². The minimum Gasteiger partial charge on any atom is -0.399 e. The minimum atomic E-state index is 0.817. The first-order chi connectivity index (χ1) is 10.2. The highest BCUT2D eigenvalue weighted by Crippen LogP contribution is 2.33. The Hall–Kier alpha value is -2.14. The lowest BCUT2D eigenvalue weighted by Gasteiger charge is -2.18. The van der Waals surface area contributed by atoms with Crippen molar-refractivity contribution < 1.29 is 0 Å². The van der Waals surface area contributed by atoms with E-state index in [0.717, 1.165) is 40.0 Å². The van der Waals surface area contributed by atoms with Crippen molar-refractivity contribution in [2.45, 2.75) is 13.1 Å². The Kier molecular flexibility index (Phi) is 2.82. The molecule has 0 aliphatic carbocycles. The van der Waals surface area contributed by atoms with Gasteiger partial charge in [0.05, 0.1) is 11.2 Å². The zero-order valence-corrected chi connectivity index (χ0v) is 12.8. The lowest BCUT2D eigenvalue weighted by Crippen LogP contribution is -2.15. The number of rotatable bonds is 1. The maximum absolute atomic E-state index is 5.88. The third-order valence-corrected chi connectivity index (χ3v) is 4.25. The number of nitrogen functional groups attached to an aromatic ring is 1. The van der Waals surface area contributed by atoms with Crippen molar-refractivity contribution in [3.8, 4) is 0 Å². The lowest BCUT2D eigenvalue weighted by atomic mass is 10.1. The second-order valence-corrected chi connectivity index (χ2v) is 6.15. The SMILES string of the molecule is Nc1ccc2c(c1)CN(c1ccnc3cc(Br)cnc13)C2. The van der Waals surface area contributed by atoms with Gasteiger partial charge in [-0.3, -0.25) is 9.97 Å². The number of aromatic nitrogens is 2. The van der Waals surface area contributed by atoms with Gasteiger partial charge in [0.15, 0.2) is 0 Å². The molecule has 104 valence electrons. The quantitative estimate of drug-likeness (QED) is 0.689. The van der Waals surface area contributed by atoms with Gasteiger partial charge in [0.25, 0.3) is 0 Å². The number of hydrogen-bond donors (Lipinski definition) is 1. The summed E-state index contributed by atoms with van der Waals surface area (Å²) in [5, 5.41) is 0. The molecular formula is C16H13BrN4. The van der Waals surface area contributed by atoms with Crippen molar-refractivity contribution in [1.29, 1.82) is 0 Å². The Labute approximate surface area is 130 Å². The van der Waals surface area contributed by atoms with Crippen LogP contribution in [-0.2, 0) is 13.1 Å². The zero-order valence-electron chi connectivity index (χ0n) is 11.3. The molecule has 0 bridgehead atoms. The molecule has 4 rings (SSSR count). The normalized spacial score (nSPS) is 13.7. The standard InChI is InChI=1S/C16H13BrN4/c17-12-6-14-16(20-7-12)15(3-4-19-14)21-8-10-1-2-13(18)5-11(10)9-21/h1-7H,8-9,18H2. The van der Waals surface area contributed by atoms with Crippen molar-refractivity contribution >= 4 is 38.3 Å².